The SMILES string of the molecule is CCN(CC)S(=O)(=O)c1cc(C)c(C)c(NC(=O)COc2ccc(C)cc2C)c1. The van der Waals surface area contributed by atoms with E-state index in [1.165, 1.54) is 10.4 Å². The van der Waals surface area contributed by atoms with Crippen LogP contribution in [-0.4, -0.2) is 38.3 Å². The third kappa shape index (κ3) is 5.36. The van der Waals surface area contributed by atoms with Gasteiger partial charge in [0.05, 0.1) is 4.90 Å². The second-order valence-electron chi connectivity index (χ2n) is 7.11. The van der Waals surface area contributed by atoms with Crippen molar-refractivity contribution < 1.29 is 17.9 Å². The first-order valence-electron chi connectivity index (χ1n) is 9.71. The van der Waals surface area contributed by atoms with Crippen molar-refractivity contribution in [1.29, 1.82) is 0 Å². The van der Waals surface area contributed by atoms with Crippen molar-refractivity contribution in [1.82, 2.24) is 4.31 Å². The monoisotopic (exact) mass is 418 g/mol. The van der Waals surface area contributed by atoms with E-state index in [2.05, 4.69) is 5.32 Å². The van der Waals surface area contributed by atoms with Gasteiger partial charge in [0.2, 0.25) is 10.0 Å². The minimum absolute atomic E-state index is 0.157. The van der Waals surface area contributed by atoms with Crippen LogP contribution in [0.5, 0.6) is 5.75 Å². The average molecular weight is 419 g/mol. The average Bonchev–Trinajstić information content (AvgIpc) is 2.65. The third-order valence-electron chi connectivity index (χ3n) is 4.95. The smallest absolute Gasteiger partial charge is 0.262 e. The van der Waals surface area contributed by atoms with E-state index in [1.807, 2.05) is 45.9 Å². The van der Waals surface area contributed by atoms with Crippen molar-refractivity contribution in [3.63, 3.8) is 0 Å². The summed E-state index contributed by atoms with van der Waals surface area (Å²) in [7, 11) is -3.61. The van der Waals surface area contributed by atoms with E-state index in [9.17, 15) is 13.2 Å². The lowest BCUT2D eigenvalue weighted by atomic mass is 10.1. The molecule has 7 heteroatoms. The van der Waals surface area contributed by atoms with Gasteiger partial charge in [-0.2, -0.15) is 4.31 Å². The van der Waals surface area contributed by atoms with Crippen LogP contribution >= 0.6 is 0 Å². The highest BCUT2D eigenvalue weighted by Crippen LogP contribution is 2.26. The topological polar surface area (TPSA) is 75.7 Å². The van der Waals surface area contributed by atoms with Gasteiger partial charge in [-0.05, 0) is 62.6 Å². The number of rotatable bonds is 8. The predicted molar refractivity (Wildman–Crippen MR) is 116 cm³/mol. The first kappa shape index (κ1) is 22.9. The van der Waals surface area contributed by atoms with Crippen LogP contribution in [0.4, 0.5) is 5.69 Å². The number of nitrogens with zero attached hydrogens (tertiary/aromatic N) is 1. The quantitative estimate of drug-likeness (QED) is 0.704. The number of hydrogen-bond donors (Lipinski definition) is 1. The fraction of sp³-hybridized carbons (Fsp3) is 0.409. The van der Waals surface area contributed by atoms with Gasteiger partial charge in [0, 0.05) is 18.8 Å². The predicted octanol–water partition coefficient (Wildman–Crippen LogP) is 3.97. The number of ether oxygens (including phenoxy) is 1. The number of carbonyl (C=O) groups excluding carboxylic acids is 1. The molecule has 0 saturated carbocycles. The molecule has 0 saturated heterocycles. The lowest BCUT2D eigenvalue weighted by molar-refractivity contribution is -0.118. The molecule has 0 aromatic heterocycles. The molecule has 0 aliphatic rings. The Kier molecular flexibility index (Phi) is 7.43. The summed E-state index contributed by atoms with van der Waals surface area (Å²) in [6.07, 6.45) is 0. The summed E-state index contributed by atoms with van der Waals surface area (Å²) in [6.45, 7) is 11.8. The molecule has 0 fully saturated rings. The van der Waals surface area contributed by atoms with E-state index in [1.54, 1.807) is 19.9 Å². The Labute approximate surface area is 173 Å². The zero-order valence-electron chi connectivity index (χ0n) is 18.0. The lowest BCUT2D eigenvalue weighted by Crippen LogP contribution is -2.31. The van der Waals surface area contributed by atoms with Crippen molar-refractivity contribution in [3.8, 4) is 5.75 Å². The summed E-state index contributed by atoms with van der Waals surface area (Å²) >= 11 is 0. The molecule has 1 N–H and O–H groups in total. The second-order valence-corrected chi connectivity index (χ2v) is 9.05. The van der Waals surface area contributed by atoms with Crippen LogP contribution in [0.1, 0.15) is 36.1 Å². The highest BCUT2D eigenvalue weighted by Gasteiger charge is 2.23. The van der Waals surface area contributed by atoms with E-state index in [4.69, 9.17) is 4.74 Å². The Morgan fingerprint density at radius 2 is 1.66 bits per heavy atom. The van der Waals surface area contributed by atoms with Gasteiger partial charge in [-0.3, -0.25) is 4.79 Å². The molecule has 0 aliphatic heterocycles. The number of hydrogen-bond acceptors (Lipinski definition) is 4. The van der Waals surface area contributed by atoms with Gasteiger partial charge in [0.1, 0.15) is 5.75 Å². The van der Waals surface area contributed by atoms with Crippen molar-refractivity contribution in [2.45, 2.75) is 46.4 Å². The zero-order chi connectivity index (χ0) is 21.8. The first-order valence-corrected chi connectivity index (χ1v) is 11.1. The van der Waals surface area contributed by atoms with Crippen LogP contribution in [0.2, 0.25) is 0 Å². The number of carbonyl (C=O) groups is 1. The fourth-order valence-electron chi connectivity index (χ4n) is 3.11. The maximum Gasteiger partial charge on any atom is 0.262 e. The minimum Gasteiger partial charge on any atom is -0.483 e. The third-order valence-corrected chi connectivity index (χ3v) is 6.98. The highest BCUT2D eigenvalue weighted by atomic mass is 32.2. The van der Waals surface area contributed by atoms with Crippen LogP contribution in [-0.2, 0) is 14.8 Å². The Morgan fingerprint density at radius 3 is 2.24 bits per heavy atom. The molecule has 0 aliphatic carbocycles. The number of benzene rings is 2. The van der Waals surface area contributed by atoms with Crippen LogP contribution in [0, 0.1) is 27.7 Å². The summed E-state index contributed by atoms with van der Waals surface area (Å²) < 4.78 is 32.7. The summed E-state index contributed by atoms with van der Waals surface area (Å²) in [4.78, 5) is 12.6. The maximum absolute atomic E-state index is 12.9. The molecule has 0 radical (unpaired) electrons. The Hall–Kier alpha value is -2.38. The fourth-order valence-corrected chi connectivity index (χ4v) is 4.68. The molecule has 2 aromatic carbocycles. The molecule has 6 nitrogen and oxygen atoms in total. The van der Waals surface area contributed by atoms with Gasteiger partial charge >= 0.3 is 0 Å². The van der Waals surface area contributed by atoms with Crippen molar-refractivity contribution >= 4 is 21.6 Å². The highest BCUT2D eigenvalue weighted by molar-refractivity contribution is 7.89. The number of anilines is 1. The van der Waals surface area contributed by atoms with Crippen LogP contribution in [0.25, 0.3) is 0 Å². The normalized spacial score (nSPS) is 11.6. The standard InChI is InChI=1S/C22H30N2O4S/c1-7-24(8-2)29(26,27)19-12-16(4)18(6)20(13-19)23-22(25)14-28-21-10-9-15(3)11-17(21)5/h9-13H,7-8,14H2,1-6H3,(H,23,25). The molecule has 2 rings (SSSR count). The van der Waals surface area contributed by atoms with Crippen LogP contribution in [0.15, 0.2) is 35.2 Å². The number of sulfonamides is 1. The minimum atomic E-state index is -3.61. The van der Waals surface area contributed by atoms with E-state index in [0.29, 0.717) is 24.5 Å². The Bertz CT molecular complexity index is 996. The lowest BCUT2D eigenvalue weighted by Gasteiger charge is -2.20. The van der Waals surface area contributed by atoms with E-state index < -0.39 is 10.0 Å². The van der Waals surface area contributed by atoms with Gasteiger partial charge in [0.25, 0.3) is 5.91 Å². The molecule has 1 amide bonds. The first-order chi connectivity index (χ1) is 13.6. The molecule has 29 heavy (non-hydrogen) atoms. The molecule has 158 valence electrons. The van der Waals surface area contributed by atoms with Crippen molar-refractivity contribution in [2.24, 2.45) is 0 Å². The van der Waals surface area contributed by atoms with E-state index >= 15 is 0 Å². The molecule has 2 aromatic rings. The maximum atomic E-state index is 12.9. The van der Waals surface area contributed by atoms with Crippen LogP contribution < -0.4 is 10.1 Å². The zero-order valence-corrected chi connectivity index (χ0v) is 18.8. The Balaban J connectivity index is 2.21. The summed E-state index contributed by atoms with van der Waals surface area (Å²) in [6, 6.07) is 8.91. The largest absolute Gasteiger partial charge is 0.483 e. The summed E-state index contributed by atoms with van der Waals surface area (Å²) in [5.41, 5.74) is 4.17. The second kappa shape index (κ2) is 9.41. The van der Waals surface area contributed by atoms with E-state index in [0.717, 1.165) is 22.3 Å². The molecule has 0 atom stereocenters. The molecule has 0 unspecified atom stereocenters. The molecule has 0 heterocycles. The number of amides is 1. The molecular weight excluding hydrogens is 388 g/mol. The van der Waals surface area contributed by atoms with Crippen LogP contribution in [0.3, 0.4) is 0 Å². The molecule has 0 spiro atoms. The van der Waals surface area contributed by atoms with Gasteiger partial charge in [-0.1, -0.05) is 31.5 Å². The van der Waals surface area contributed by atoms with Gasteiger partial charge in [-0.15, -0.1) is 0 Å². The van der Waals surface area contributed by atoms with Crippen molar-refractivity contribution in [2.75, 3.05) is 25.0 Å². The molecular formula is C22H30N2O4S. The summed E-state index contributed by atoms with van der Waals surface area (Å²) in [5, 5.41) is 2.79. The number of aryl methyl sites for hydroxylation is 3. The van der Waals surface area contributed by atoms with Gasteiger partial charge in [0.15, 0.2) is 6.61 Å². The summed E-state index contributed by atoms with van der Waals surface area (Å²) in [5.74, 6) is 0.307. The Morgan fingerprint density at radius 1 is 1.00 bits per heavy atom. The van der Waals surface area contributed by atoms with Gasteiger partial charge in [-0.25, -0.2) is 8.42 Å². The van der Waals surface area contributed by atoms with E-state index in [-0.39, 0.29) is 17.4 Å². The molecule has 0 bridgehead atoms. The van der Waals surface area contributed by atoms with Gasteiger partial charge < -0.3 is 10.1 Å². The number of nitrogens with one attached hydrogen (secondary N) is 1. The van der Waals surface area contributed by atoms with Crippen molar-refractivity contribution in [3.05, 3.63) is 52.6 Å².